The molecule has 3 aromatic rings. The van der Waals surface area contributed by atoms with Crippen molar-refractivity contribution in [3.63, 3.8) is 0 Å². The second-order valence-corrected chi connectivity index (χ2v) is 9.17. The molecule has 0 spiro atoms. The van der Waals surface area contributed by atoms with Crippen LogP contribution in [0.1, 0.15) is 16.1 Å². The van der Waals surface area contributed by atoms with Gasteiger partial charge >= 0.3 is 0 Å². The number of carbonyl (C=O) groups is 1. The Hall–Kier alpha value is -2.81. The zero-order valence-electron chi connectivity index (χ0n) is 16.7. The van der Waals surface area contributed by atoms with Crippen LogP contribution in [0.5, 0.6) is 5.75 Å². The molecule has 0 saturated carbocycles. The van der Waals surface area contributed by atoms with Gasteiger partial charge in [0.2, 0.25) is 10.0 Å². The first-order valence-electron chi connectivity index (χ1n) is 8.96. The molecule has 1 amide bonds. The van der Waals surface area contributed by atoms with E-state index in [1.807, 2.05) is 12.1 Å². The molecule has 0 unspecified atom stereocenters. The fourth-order valence-electron chi connectivity index (χ4n) is 2.73. The lowest BCUT2D eigenvalue weighted by molar-refractivity contribution is 0.0948. The normalized spacial score (nSPS) is 11.5. The number of nitrogens with one attached hydrogen (secondary N) is 1. The number of sulfonamides is 1. The van der Waals surface area contributed by atoms with Crippen molar-refractivity contribution >= 4 is 27.5 Å². The van der Waals surface area contributed by atoms with E-state index in [1.54, 1.807) is 24.3 Å². The number of rotatable bonds is 7. The molecular formula is C21H21ClN2O5S. The number of furan rings is 1. The van der Waals surface area contributed by atoms with Gasteiger partial charge in [-0.2, -0.15) is 0 Å². The molecule has 0 bridgehead atoms. The Morgan fingerprint density at radius 2 is 1.80 bits per heavy atom. The predicted octanol–water partition coefficient (Wildman–Crippen LogP) is 3.79. The number of hydrogen-bond acceptors (Lipinski definition) is 5. The number of ether oxygens (including phenoxy) is 1. The van der Waals surface area contributed by atoms with Crippen molar-refractivity contribution in [2.45, 2.75) is 11.4 Å². The molecule has 0 fully saturated rings. The lowest BCUT2D eigenvalue weighted by Crippen LogP contribution is -2.25. The van der Waals surface area contributed by atoms with Gasteiger partial charge in [0.05, 0.1) is 13.7 Å². The van der Waals surface area contributed by atoms with Gasteiger partial charge in [0.1, 0.15) is 22.2 Å². The number of benzene rings is 2. The van der Waals surface area contributed by atoms with Gasteiger partial charge in [-0.3, -0.25) is 4.79 Å². The van der Waals surface area contributed by atoms with Gasteiger partial charge in [-0.15, -0.1) is 0 Å². The highest BCUT2D eigenvalue weighted by Crippen LogP contribution is 2.27. The maximum Gasteiger partial charge on any atom is 0.251 e. The highest BCUT2D eigenvalue weighted by molar-refractivity contribution is 7.89. The summed E-state index contributed by atoms with van der Waals surface area (Å²) in [6.45, 7) is 0.147. The van der Waals surface area contributed by atoms with Crippen molar-refractivity contribution in [1.82, 2.24) is 9.62 Å². The molecule has 7 nitrogen and oxygen atoms in total. The average Bonchev–Trinajstić information content (AvgIpc) is 3.21. The molecule has 0 aliphatic rings. The van der Waals surface area contributed by atoms with Gasteiger partial charge in [0.25, 0.3) is 5.91 Å². The number of nitrogens with zero attached hydrogens (tertiary/aromatic N) is 1. The van der Waals surface area contributed by atoms with Crippen LogP contribution in [0.3, 0.4) is 0 Å². The van der Waals surface area contributed by atoms with Crippen molar-refractivity contribution in [3.8, 4) is 17.1 Å². The maximum atomic E-state index is 12.6. The van der Waals surface area contributed by atoms with E-state index in [2.05, 4.69) is 5.32 Å². The lowest BCUT2D eigenvalue weighted by atomic mass is 10.2. The Morgan fingerprint density at radius 3 is 2.43 bits per heavy atom. The number of halogens is 1. The monoisotopic (exact) mass is 448 g/mol. The molecule has 30 heavy (non-hydrogen) atoms. The molecular weight excluding hydrogens is 428 g/mol. The summed E-state index contributed by atoms with van der Waals surface area (Å²) in [5.41, 5.74) is 1.06. The van der Waals surface area contributed by atoms with E-state index in [0.717, 1.165) is 9.87 Å². The second kappa shape index (κ2) is 8.91. The van der Waals surface area contributed by atoms with Gasteiger partial charge in [-0.05, 0) is 54.6 Å². The van der Waals surface area contributed by atoms with Crippen LogP contribution in [-0.4, -0.2) is 39.8 Å². The van der Waals surface area contributed by atoms with Crippen LogP contribution >= 0.6 is 11.6 Å². The summed E-state index contributed by atoms with van der Waals surface area (Å²) >= 11 is 5.90. The third kappa shape index (κ3) is 4.67. The summed E-state index contributed by atoms with van der Waals surface area (Å²) in [5, 5.41) is 3.36. The molecule has 1 aromatic heterocycles. The van der Waals surface area contributed by atoms with Gasteiger partial charge in [-0.25, -0.2) is 12.7 Å². The minimum atomic E-state index is -3.77. The molecule has 0 radical (unpaired) electrons. The first kappa shape index (κ1) is 21.9. The van der Waals surface area contributed by atoms with E-state index in [9.17, 15) is 13.2 Å². The third-order valence-electron chi connectivity index (χ3n) is 4.40. The van der Waals surface area contributed by atoms with Crippen molar-refractivity contribution in [2.75, 3.05) is 21.2 Å². The van der Waals surface area contributed by atoms with Crippen LogP contribution in [0.15, 0.2) is 63.9 Å². The average molecular weight is 449 g/mol. The van der Waals surface area contributed by atoms with Gasteiger partial charge in [0, 0.05) is 30.2 Å². The smallest absolute Gasteiger partial charge is 0.251 e. The van der Waals surface area contributed by atoms with Gasteiger partial charge in [0.15, 0.2) is 0 Å². The van der Waals surface area contributed by atoms with Gasteiger partial charge < -0.3 is 14.5 Å². The van der Waals surface area contributed by atoms with E-state index in [4.69, 9.17) is 20.8 Å². The van der Waals surface area contributed by atoms with E-state index in [0.29, 0.717) is 16.5 Å². The summed E-state index contributed by atoms with van der Waals surface area (Å²) < 4.78 is 37.0. The van der Waals surface area contributed by atoms with E-state index >= 15 is 0 Å². The van der Waals surface area contributed by atoms with Crippen LogP contribution in [0.25, 0.3) is 11.3 Å². The zero-order valence-corrected chi connectivity index (χ0v) is 18.3. The van der Waals surface area contributed by atoms with Crippen molar-refractivity contribution < 1.29 is 22.4 Å². The first-order valence-corrected chi connectivity index (χ1v) is 10.8. The molecule has 3 rings (SSSR count). The summed E-state index contributed by atoms with van der Waals surface area (Å²) in [6.07, 6.45) is 0. The number of carbonyl (C=O) groups excluding carboxylic acids is 1. The summed E-state index contributed by atoms with van der Waals surface area (Å²) in [7, 11) is 0.428. The van der Waals surface area contributed by atoms with Crippen LogP contribution in [0.2, 0.25) is 5.02 Å². The summed E-state index contributed by atoms with van der Waals surface area (Å²) in [6, 6.07) is 15.0. The van der Waals surface area contributed by atoms with E-state index in [-0.39, 0.29) is 22.8 Å². The summed E-state index contributed by atoms with van der Waals surface area (Å²) in [4.78, 5) is 12.5. The van der Waals surface area contributed by atoms with Crippen molar-refractivity contribution in [2.24, 2.45) is 0 Å². The molecule has 0 saturated heterocycles. The molecule has 9 heteroatoms. The molecule has 0 aliphatic heterocycles. The second-order valence-electron chi connectivity index (χ2n) is 6.61. The Kier molecular flexibility index (Phi) is 6.50. The fraction of sp³-hybridized carbons (Fsp3) is 0.190. The van der Waals surface area contributed by atoms with Crippen LogP contribution in [-0.2, 0) is 16.6 Å². The van der Waals surface area contributed by atoms with Crippen molar-refractivity contribution in [1.29, 1.82) is 0 Å². The minimum Gasteiger partial charge on any atom is -0.495 e. The van der Waals surface area contributed by atoms with Crippen LogP contribution in [0.4, 0.5) is 0 Å². The first-order chi connectivity index (χ1) is 14.2. The van der Waals surface area contributed by atoms with Gasteiger partial charge in [-0.1, -0.05) is 11.6 Å². The number of hydrogen-bond donors (Lipinski definition) is 1. The van der Waals surface area contributed by atoms with E-state index in [1.165, 1.54) is 39.4 Å². The Bertz CT molecular complexity index is 1150. The molecule has 1 heterocycles. The SMILES string of the molecule is COc1ccc(C(=O)NCc2ccc(-c3ccc(Cl)cc3)o2)cc1S(=O)(=O)N(C)C. The molecule has 0 aliphatic carbocycles. The van der Waals surface area contributed by atoms with Crippen LogP contribution < -0.4 is 10.1 Å². The summed E-state index contributed by atoms with van der Waals surface area (Å²) in [5.74, 6) is 0.943. The number of amides is 1. The van der Waals surface area contributed by atoms with Crippen LogP contribution in [0, 0.1) is 0 Å². The Morgan fingerprint density at radius 1 is 1.10 bits per heavy atom. The number of methoxy groups -OCH3 is 1. The van der Waals surface area contributed by atoms with E-state index < -0.39 is 15.9 Å². The molecule has 0 atom stereocenters. The van der Waals surface area contributed by atoms with Crippen molar-refractivity contribution in [3.05, 3.63) is 70.9 Å². The quantitative estimate of drug-likeness (QED) is 0.594. The largest absolute Gasteiger partial charge is 0.495 e. The minimum absolute atomic E-state index is 0.0781. The zero-order chi connectivity index (χ0) is 21.9. The maximum absolute atomic E-state index is 12.6. The Balaban J connectivity index is 1.75. The molecule has 158 valence electrons. The highest BCUT2D eigenvalue weighted by Gasteiger charge is 2.24. The topological polar surface area (TPSA) is 88.8 Å². The highest BCUT2D eigenvalue weighted by atomic mass is 35.5. The Labute approximate surface area is 180 Å². The lowest BCUT2D eigenvalue weighted by Gasteiger charge is -2.15. The standard InChI is InChI=1S/C21H21ClN2O5S/c1-24(2)30(26,27)20-12-15(6-10-19(20)28-3)21(25)23-13-17-9-11-18(29-17)14-4-7-16(22)8-5-14/h4-12H,13H2,1-3H3,(H,23,25). The molecule has 1 N–H and O–H groups in total. The predicted molar refractivity (Wildman–Crippen MR) is 114 cm³/mol. The third-order valence-corrected chi connectivity index (χ3v) is 6.49. The molecule has 2 aromatic carbocycles. The fourth-order valence-corrected chi connectivity index (χ4v) is 3.93.